The highest BCUT2D eigenvalue weighted by atomic mass is 16.5. The molecule has 0 aliphatic carbocycles. The predicted molar refractivity (Wildman–Crippen MR) is 76.7 cm³/mol. The fourth-order valence-electron chi connectivity index (χ4n) is 2.41. The second-order valence-corrected chi connectivity index (χ2v) is 5.24. The first-order chi connectivity index (χ1) is 9.69. The minimum absolute atomic E-state index is 0.233. The molecule has 0 aromatic carbocycles. The Bertz CT molecular complexity index is 445. The first-order valence-electron chi connectivity index (χ1n) is 7.02. The Labute approximate surface area is 119 Å². The van der Waals surface area contributed by atoms with E-state index >= 15 is 0 Å². The van der Waals surface area contributed by atoms with E-state index < -0.39 is 5.97 Å². The van der Waals surface area contributed by atoms with Gasteiger partial charge in [-0.05, 0) is 45.3 Å². The van der Waals surface area contributed by atoms with E-state index in [1.807, 2.05) is 0 Å². The molecule has 1 fully saturated rings. The number of carbonyl (C=O) groups is 1. The second kappa shape index (κ2) is 7.19. The molecule has 1 saturated heterocycles. The molecule has 0 spiro atoms. The minimum atomic E-state index is -0.462. The van der Waals surface area contributed by atoms with Crippen molar-refractivity contribution in [2.24, 2.45) is 5.92 Å². The van der Waals surface area contributed by atoms with E-state index in [-0.39, 0.29) is 5.69 Å². The predicted octanol–water partition coefficient (Wildman–Crippen LogP) is 1.41. The number of esters is 1. The number of carbonyl (C=O) groups excluding carboxylic acids is 1. The molecule has 1 aliphatic rings. The number of likely N-dealkylation sites (tertiary alicyclic amines) is 1. The molecule has 0 radical (unpaired) electrons. The molecule has 0 amide bonds. The summed E-state index contributed by atoms with van der Waals surface area (Å²) in [6.07, 6.45) is 6.67. The molecule has 110 valence electrons. The van der Waals surface area contributed by atoms with Crippen molar-refractivity contribution in [3.63, 3.8) is 0 Å². The summed E-state index contributed by atoms with van der Waals surface area (Å²) in [5.41, 5.74) is 0.233. The number of methoxy groups -OCH3 is 1. The van der Waals surface area contributed by atoms with Crippen molar-refractivity contribution in [2.45, 2.75) is 19.3 Å². The lowest BCUT2D eigenvalue weighted by Crippen LogP contribution is -2.30. The van der Waals surface area contributed by atoms with Crippen molar-refractivity contribution in [2.75, 3.05) is 39.1 Å². The van der Waals surface area contributed by atoms with Gasteiger partial charge in [0.05, 0.1) is 19.5 Å². The molecule has 1 aromatic heterocycles. The van der Waals surface area contributed by atoms with Crippen LogP contribution in [0.25, 0.3) is 0 Å². The Hall–Kier alpha value is -1.69. The number of nitrogens with one attached hydrogen (secondary N) is 1. The molecule has 2 heterocycles. The van der Waals surface area contributed by atoms with Gasteiger partial charge in [0.1, 0.15) is 5.82 Å². The quantitative estimate of drug-likeness (QED) is 0.821. The van der Waals surface area contributed by atoms with Crippen molar-refractivity contribution in [1.29, 1.82) is 0 Å². The zero-order valence-electron chi connectivity index (χ0n) is 12.1. The van der Waals surface area contributed by atoms with Crippen LogP contribution in [-0.2, 0) is 4.74 Å². The number of ether oxygens (including phenoxy) is 1. The van der Waals surface area contributed by atoms with Crippen LogP contribution in [0.1, 0.15) is 29.8 Å². The second-order valence-electron chi connectivity index (χ2n) is 5.24. The number of anilines is 1. The molecule has 1 aromatic rings. The fourth-order valence-corrected chi connectivity index (χ4v) is 2.41. The lowest BCUT2D eigenvalue weighted by molar-refractivity contribution is 0.0593. The molecule has 6 nitrogen and oxygen atoms in total. The molecule has 0 atom stereocenters. The molecule has 20 heavy (non-hydrogen) atoms. The highest BCUT2D eigenvalue weighted by Gasteiger charge is 2.16. The van der Waals surface area contributed by atoms with Crippen LogP contribution in [-0.4, -0.2) is 54.6 Å². The Morgan fingerprint density at radius 1 is 1.45 bits per heavy atom. The Morgan fingerprint density at radius 2 is 2.20 bits per heavy atom. The number of hydrogen-bond donors (Lipinski definition) is 1. The van der Waals surface area contributed by atoms with Crippen molar-refractivity contribution >= 4 is 11.8 Å². The maximum Gasteiger partial charge on any atom is 0.358 e. The summed E-state index contributed by atoms with van der Waals surface area (Å²) in [7, 11) is 3.51. The largest absolute Gasteiger partial charge is 0.464 e. The molecular weight excluding hydrogens is 256 g/mol. The maximum absolute atomic E-state index is 11.4. The van der Waals surface area contributed by atoms with Crippen molar-refractivity contribution in [3.05, 3.63) is 18.1 Å². The van der Waals surface area contributed by atoms with Gasteiger partial charge >= 0.3 is 5.97 Å². The lowest BCUT2D eigenvalue weighted by Gasteiger charge is -2.28. The zero-order chi connectivity index (χ0) is 14.4. The number of aromatic nitrogens is 2. The van der Waals surface area contributed by atoms with E-state index in [2.05, 4.69) is 32.0 Å². The van der Waals surface area contributed by atoms with Crippen molar-refractivity contribution in [1.82, 2.24) is 14.9 Å². The SMILES string of the molecule is COC(=O)c1cncc(NCCC2CCN(C)CC2)n1. The van der Waals surface area contributed by atoms with Crippen molar-refractivity contribution in [3.8, 4) is 0 Å². The zero-order valence-corrected chi connectivity index (χ0v) is 12.1. The van der Waals surface area contributed by atoms with Crippen molar-refractivity contribution < 1.29 is 9.53 Å². The first kappa shape index (κ1) is 14.7. The summed E-state index contributed by atoms with van der Waals surface area (Å²) in [4.78, 5) is 21.9. The highest BCUT2D eigenvalue weighted by molar-refractivity contribution is 5.87. The monoisotopic (exact) mass is 278 g/mol. The molecule has 0 saturated carbocycles. The van der Waals surface area contributed by atoms with E-state index in [9.17, 15) is 4.79 Å². The van der Waals surface area contributed by atoms with Gasteiger partial charge in [0.25, 0.3) is 0 Å². The van der Waals surface area contributed by atoms with Crippen LogP contribution in [0, 0.1) is 5.92 Å². The Kier molecular flexibility index (Phi) is 5.29. The summed E-state index contributed by atoms with van der Waals surface area (Å²) < 4.78 is 4.63. The first-order valence-corrected chi connectivity index (χ1v) is 7.02. The molecule has 0 unspecified atom stereocenters. The van der Waals surface area contributed by atoms with Crippen LogP contribution in [0.3, 0.4) is 0 Å². The minimum Gasteiger partial charge on any atom is -0.464 e. The third-order valence-corrected chi connectivity index (χ3v) is 3.73. The van der Waals surface area contributed by atoms with Gasteiger partial charge in [0.2, 0.25) is 0 Å². The molecule has 6 heteroatoms. The van der Waals surface area contributed by atoms with Gasteiger partial charge in [-0.15, -0.1) is 0 Å². The van der Waals surface area contributed by atoms with Gasteiger partial charge in [0, 0.05) is 6.54 Å². The number of nitrogens with zero attached hydrogens (tertiary/aromatic N) is 3. The smallest absolute Gasteiger partial charge is 0.358 e. The van der Waals surface area contributed by atoms with E-state index in [1.165, 1.54) is 39.2 Å². The van der Waals surface area contributed by atoms with E-state index in [4.69, 9.17) is 0 Å². The van der Waals surface area contributed by atoms with Crippen LogP contribution in [0.15, 0.2) is 12.4 Å². The van der Waals surface area contributed by atoms with Crippen LogP contribution < -0.4 is 5.32 Å². The topological polar surface area (TPSA) is 67.3 Å². The molecule has 1 aliphatic heterocycles. The Morgan fingerprint density at radius 3 is 2.90 bits per heavy atom. The van der Waals surface area contributed by atoms with Crippen LogP contribution >= 0.6 is 0 Å². The summed E-state index contributed by atoms with van der Waals surface area (Å²) in [6.45, 7) is 3.22. The van der Waals surface area contributed by atoms with Crippen LogP contribution in [0.5, 0.6) is 0 Å². The standard InChI is InChI=1S/C14H22N4O2/c1-18-7-4-11(5-8-18)3-6-16-13-10-15-9-12(17-13)14(19)20-2/h9-11H,3-8H2,1-2H3,(H,16,17). The van der Waals surface area contributed by atoms with Gasteiger partial charge in [-0.1, -0.05) is 0 Å². The third kappa shape index (κ3) is 4.16. The van der Waals surface area contributed by atoms with Gasteiger partial charge in [0.15, 0.2) is 5.69 Å². The average molecular weight is 278 g/mol. The summed E-state index contributed by atoms with van der Waals surface area (Å²) in [5.74, 6) is 0.938. The summed E-state index contributed by atoms with van der Waals surface area (Å²) in [6, 6.07) is 0. The van der Waals surface area contributed by atoms with E-state index in [0.29, 0.717) is 5.82 Å². The number of hydrogen-bond acceptors (Lipinski definition) is 6. The summed E-state index contributed by atoms with van der Waals surface area (Å²) >= 11 is 0. The van der Waals surface area contributed by atoms with Crippen LogP contribution in [0.2, 0.25) is 0 Å². The van der Waals surface area contributed by atoms with Gasteiger partial charge in [-0.25, -0.2) is 9.78 Å². The van der Waals surface area contributed by atoms with Gasteiger partial charge in [-0.3, -0.25) is 4.98 Å². The highest BCUT2D eigenvalue weighted by Crippen LogP contribution is 2.19. The normalized spacial score (nSPS) is 16.9. The van der Waals surface area contributed by atoms with E-state index in [1.54, 1.807) is 6.20 Å². The molecule has 2 rings (SSSR count). The van der Waals surface area contributed by atoms with Gasteiger partial charge in [-0.2, -0.15) is 0 Å². The van der Waals surface area contributed by atoms with Crippen LogP contribution in [0.4, 0.5) is 5.82 Å². The fraction of sp³-hybridized carbons (Fsp3) is 0.643. The molecule has 0 bridgehead atoms. The molecular formula is C14H22N4O2. The number of rotatable bonds is 5. The van der Waals surface area contributed by atoms with E-state index in [0.717, 1.165) is 18.9 Å². The summed E-state index contributed by atoms with van der Waals surface area (Å²) in [5, 5.41) is 3.23. The Balaban J connectivity index is 1.78. The lowest BCUT2D eigenvalue weighted by atomic mass is 9.94. The van der Waals surface area contributed by atoms with Gasteiger partial charge < -0.3 is 15.0 Å². The average Bonchev–Trinajstić information content (AvgIpc) is 2.49. The molecule has 1 N–H and O–H groups in total. The third-order valence-electron chi connectivity index (χ3n) is 3.73. The number of piperidine rings is 1. The maximum atomic E-state index is 11.4.